The summed E-state index contributed by atoms with van der Waals surface area (Å²) in [6.07, 6.45) is 2.60. The molecule has 0 unspecified atom stereocenters. The topological polar surface area (TPSA) is 85.9 Å². The number of nitrogens with one attached hydrogen (secondary N) is 1. The fourth-order valence-corrected chi connectivity index (χ4v) is 2.31. The van der Waals surface area contributed by atoms with Crippen LogP contribution in [0.15, 0.2) is 18.3 Å². The van der Waals surface area contributed by atoms with Crippen LogP contribution >= 0.6 is 0 Å². The van der Waals surface area contributed by atoms with E-state index in [-0.39, 0.29) is 5.69 Å². The van der Waals surface area contributed by atoms with Crippen molar-refractivity contribution >= 4 is 11.5 Å². The van der Waals surface area contributed by atoms with Gasteiger partial charge < -0.3 is 5.32 Å². The number of nitrogens with zero attached hydrogens (tertiary/aromatic N) is 4. The van der Waals surface area contributed by atoms with Crippen LogP contribution in [0.4, 0.5) is 11.5 Å². The molecule has 112 valence electrons. The first-order valence-corrected chi connectivity index (χ1v) is 6.96. The number of hydrogen-bond acceptors (Lipinski definition) is 5. The van der Waals surface area contributed by atoms with E-state index in [1.54, 1.807) is 17.8 Å². The van der Waals surface area contributed by atoms with Crippen LogP contribution in [-0.2, 0) is 19.5 Å². The van der Waals surface area contributed by atoms with Crippen LogP contribution in [0.25, 0.3) is 0 Å². The Hall–Kier alpha value is -2.44. The van der Waals surface area contributed by atoms with Gasteiger partial charge in [0.1, 0.15) is 5.69 Å². The van der Waals surface area contributed by atoms with Crippen LogP contribution in [0.1, 0.15) is 30.8 Å². The van der Waals surface area contributed by atoms with Gasteiger partial charge in [-0.2, -0.15) is 5.10 Å². The van der Waals surface area contributed by atoms with Crippen molar-refractivity contribution in [2.45, 2.75) is 40.3 Å². The van der Waals surface area contributed by atoms with Gasteiger partial charge >= 0.3 is 5.69 Å². The maximum absolute atomic E-state index is 11.2. The fraction of sp³-hybridized carbons (Fsp3) is 0.429. The third-order valence-electron chi connectivity index (χ3n) is 3.37. The van der Waals surface area contributed by atoms with Gasteiger partial charge in [-0.25, -0.2) is 4.68 Å². The summed E-state index contributed by atoms with van der Waals surface area (Å²) < 4.78 is 1.61. The second-order valence-corrected chi connectivity index (χ2v) is 4.67. The molecule has 0 aliphatic rings. The van der Waals surface area contributed by atoms with E-state index in [0.29, 0.717) is 24.6 Å². The second kappa shape index (κ2) is 6.34. The van der Waals surface area contributed by atoms with Crippen molar-refractivity contribution < 1.29 is 4.92 Å². The second-order valence-electron chi connectivity index (χ2n) is 4.67. The van der Waals surface area contributed by atoms with Gasteiger partial charge in [0.15, 0.2) is 0 Å². The van der Waals surface area contributed by atoms with E-state index in [0.717, 1.165) is 17.7 Å². The normalized spacial score (nSPS) is 10.6. The molecule has 0 aromatic carbocycles. The third kappa shape index (κ3) is 3.01. The summed E-state index contributed by atoms with van der Waals surface area (Å²) in [6, 6.07) is 3.91. The molecule has 0 atom stereocenters. The minimum Gasteiger partial charge on any atom is -0.359 e. The minimum absolute atomic E-state index is 0.0332. The maximum atomic E-state index is 11.2. The summed E-state index contributed by atoms with van der Waals surface area (Å²) in [7, 11) is 0. The van der Waals surface area contributed by atoms with E-state index in [9.17, 15) is 10.1 Å². The van der Waals surface area contributed by atoms with Crippen LogP contribution in [-0.4, -0.2) is 19.7 Å². The summed E-state index contributed by atoms with van der Waals surface area (Å²) in [6.45, 7) is 6.62. The molecular formula is C14H19N5O2. The summed E-state index contributed by atoms with van der Waals surface area (Å²) in [5, 5.41) is 18.5. The zero-order valence-electron chi connectivity index (χ0n) is 12.5. The van der Waals surface area contributed by atoms with Crippen LogP contribution < -0.4 is 5.32 Å². The van der Waals surface area contributed by atoms with Gasteiger partial charge in [0.25, 0.3) is 0 Å². The molecule has 7 heteroatoms. The van der Waals surface area contributed by atoms with Crippen LogP contribution in [0.5, 0.6) is 0 Å². The van der Waals surface area contributed by atoms with Gasteiger partial charge in [-0.3, -0.25) is 15.1 Å². The van der Waals surface area contributed by atoms with Crippen molar-refractivity contribution in [2.75, 3.05) is 5.32 Å². The molecular weight excluding hydrogens is 270 g/mol. The summed E-state index contributed by atoms with van der Waals surface area (Å²) in [4.78, 5) is 15.1. The Morgan fingerprint density at radius 2 is 2.19 bits per heavy atom. The molecule has 0 spiro atoms. The standard InChI is InChI=1S/C14H19N5O2/c1-4-11-7-6-8-15-12(11)9-16-14-13(19(20)21)10(3)17-18(14)5-2/h6-8,16H,4-5,9H2,1-3H3. The molecule has 0 aliphatic heterocycles. The highest BCUT2D eigenvalue weighted by Crippen LogP contribution is 2.28. The molecule has 0 saturated carbocycles. The molecule has 0 bridgehead atoms. The molecule has 0 amide bonds. The van der Waals surface area contributed by atoms with Crippen molar-refractivity contribution in [3.8, 4) is 0 Å². The number of nitro groups is 1. The zero-order chi connectivity index (χ0) is 15.4. The van der Waals surface area contributed by atoms with Crippen LogP contribution in [0.3, 0.4) is 0 Å². The lowest BCUT2D eigenvalue weighted by atomic mass is 10.1. The molecule has 2 aromatic rings. The number of aromatic nitrogens is 3. The average Bonchev–Trinajstić information content (AvgIpc) is 2.81. The quantitative estimate of drug-likeness (QED) is 0.652. The number of hydrogen-bond donors (Lipinski definition) is 1. The Morgan fingerprint density at radius 3 is 2.81 bits per heavy atom. The molecule has 2 heterocycles. The Kier molecular flexibility index (Phi) is 4.52. The molecule has 2 rings (SSSR count). The van der Waals surface area contributed by atoms with Gasteiger partial charge in [-0.05, 0) is 31.9 Å². The summed E-state index contributed by atoms with van der Waals surface area (Å²) in [5.74, 6) is 0.438. The van der Waals surface area contributed by atoms with Crippen molar-refractivity contribution in [1.29, 1.82) is 0 Å². The summed E-state index contributed by atoms with van der Waals surface area (Å²) in [5.41, 5.74) is 2.48. The van der Waals surface area contributed by atoms with Gasteiger partial charge in [0.05, 0.1) is 17.2 Å². The first-order chi connectivity index (χ1) is 10.1. The Labute approximate surface area is 123 Å². The molecule has 0 radical (unpaired) electrons. The number of rotatable bonds is 6. The molecule has 0 saturated heterocycles. The third-order valence-corrected chi connectivity index (χ3v) is 3.37. The lowest BCUT2D eigenvalue weighted by molar-refractivity contribution is -0.384. The molecule has 0 aliphatic carbocycles. The highest BCUT2D eigenvalue weighted by molar-refractivity contribution is 5.59. The average molecular weight is 289 g/mol. The predicted octanol–water partition coefficient (Wildman–Crippen LogP) is 2.69. The van der Waals surface area contributed by atoms with Gasteiger partial charge in [-0.15, -0.1) is 0 Å². The zero-order valence-corrected chi connectivity index (χ0v) is 12.5. The first-order valence-electron chi connectivity index (χ1n) is 6.96. The van der Waals surface area contributed by atoms with Crippen LogP contribution in [0, 0.1) is 17.0 Å². The highest BCUT2D eigenvalue weighted by atomic mass is 16.6. The predicted molar refractivity (Wildman–Crippen MR) is 80.2 cm³/mol. The number of aryl methyl sites for hydroxylation is 3. The summed E-state index contributed by atoms with van der Waals surface area (Å²) >= 11 is 0. The van der Waals surface area contributed by atoms with Gasteiger partial charge in [0, 0.05) is 12.7 Å². The number of pyridine rings is 1. The van der Waals surface area contributed by atoms with Gasteiger partial charge in [0.2, 0.25) is 5.82 Å². The van der Waals surface area contributed by atoms with Crippen molar-refractivity contribution in [3.63, 3.8) is 0 Å². The Balaban J connectivity index is 2.29. The lowest BCUT2D eigenvalue weighted by Gasteiger charge is -2.10. The lowest BCUT2D eigenvalue weighted by Crippen LogP contribution is -2.10. The molecule has 2 aromatic heterocycles. The Bertz CT molecular complexity index is 651. The van der Waals surface area contributed by atoms with E-state index in [1.807, 2.05) is 19.1 Å². The SMILES string of the molecule is CCc1cccnc1CNc1c([N+](=O)[O-])c(C)nn1CC. The molecule has 0 fully saturated rings. The molecule has 21 heavy (non-hydrogen) atoms. The van der Waals surface area contributed by atoms with Crippen molar-refractivity contribution in [2.24, 2.45) is 0 Å². The first kappa shape index (κ1) is 15.0. The maximum Gasteiger partial charge on any atom is 0.333 e. The van der Waals surface area contributed by atoms with E-state index >= 15 is 0 Å². The van der Waals surface area contributed by atoms with E-state index in [1.165, 1.54) is 0 Å². The molecule has 1 N–H and O–H groups in total. The fourth-order valence-electron chi connectivity index (χ4n) is 2.31. The monoisotopic (exact) mass is 289 g/mol. The van der Waals surface area contributed by atoms with E-state index in [2.05, 4.69) is 22.3 Å². The largest absolute Gasteiger partial charge is 0.359 e. The Morgan fingerprint density at radius 1 is 1.43 bits per heavy atom. The van der Waals surface area contributed by atoms with Crippen LogP contribution in [0.2, 0.25) is 0 Å². The molecule has 7 nitrogen and oxygen atoms in total. The minimum atomic E-state index is -0.393. The van der Waals surface area contributed by atoms with Gasteiger partial charge in [-0.1, -0.05) is 13.0 Å². The van der Waals surface area contributed by atoms with E-state index < -0.39 is 4.92 Å². The van der Waals surface area contributed by atoms with Crippen molar-refractivity contribution in [3.05, 3.63) is 45.4 Å². The van der Waals surface area contributed by atoms with E-state index in [4.69, 9.17) is 0 Å². The van der Waals surface area contributed by atoms with Crippen molar-refractivity contribution in [1.82, 2.24) is 14.8 Å². The highest BCUT2D eigenvalue weighted by Gasteiger charge is 2.24. The smallest absolute Gasteiger partial charge is 0.333 e. The number of anilines is 1.